The minimum atomic E-state index is -0.553. The Balaban J connectivity index is 1.39. The number of anilines is 1. The minimum absolute atomic E-state index is 0.0264. The van der Waals surface area contributed by atoms with Crippen LogP contribution in [0.5, 0.6) is 0 Å². The molecule has 6 heteroatoms. The summed E-state index contributed by atoms with van der Waals surface area (Å²) >= 11 is 0. The number of hydrogen-bond donors (Lipinski definition) is 1. The Kier molecular flexibility index (Phi) is 7.47. The van der Waals surface area contributed by atoms with Crippen LogP contribution in [-0.2, 0) is 11.3 Å². The van der Waals surface area contributed by atoms with Gasteiger partial charge in [0.15, 0.2) is 0 Å². The standard InChI is InChI=1S/C29H29N3O3/c1-20-16-21(2)27(31-29(34)35-19-23-6-4-3-5-7-23)17-26(20)28(33)32-14-12-25(13-15-32)24-10-8-22(18-30)9-11-24/h3-11,16-17,25H,12-15,19H2,1-2H3,(H,31,34). The normalized spacial score (nSPS) is 13.7. The molecule has 2 amide bonds. The molecule has 0 unspecified atom stereocenters. The molecule has 0 spiro atoms. The van der Waals surface area contributed by atoms with Gasteiger partial charge in [-0.2, -0.15) is 5.26 Å². The van der Waals surface area contributed by atoms with Crippen LogP contribution >= 0.6 is 0 Å². The molecule has 0 saturated carbocycles. The molecule has 1 aliphatic heterocycles. The van der Waals surface area contributed by atoms with Crippen molar-refractivity contribution in [3.63, 3.8) is 0 Å². The summed E-state index contributed by atoms with van der Waals surface area (Å²) in [5, 5.41) is 11.8. The van der Waals surface area contributed by atoms with Crippen molar-refractivity contribution < 1.29 is 14.3 Å². The van der Waals surface area contributed by atoms with Crippen LogP contribution in [0.2, 0.25) is 0 Å². The van der Waals surface area contributed by atoms with Crippen molar-refractivity contribution in [3.05, 3.63) is 100 Å². The molecule has 1 heterocycles. The molecule has 3 aromatic rings. The summed E-state index contributed by atoms with van der Waals surface area (Å²) in [6, 6.07) is 23.0. The zero-order valence-corrected chi connectivity index (χ0v) is 20.1. The lowest BCUT2D eigenvalue weighted by Crippen LogP contribution is -2.38. The topological polar surface area (TPSA) is 82.4 Å². The van der Waals surface area contributed by atoms with Crippen molar-refractivity contribution in [2.24, 2.45) is 0 Å². The molecule has 4 rings (SSSR count). The van der Waals surface area contributed by atoms with Gasteiger partial charge >= 0.3 is 6.09 Å². The molecule has 0 aromatic heterocycles. The van der Waals surface area contributed by atoms with Crippen LogP contribution in [0.1, 0.15) is 56.9 Å². The number of rotatable bonds is 5. The van der Waals surface area contributed by atoms with Crippen LogP contribution in [0, 0.1) is 25.2 Å². The third-order valence-corrected chi connectivity index (χ3v) is 6.54. The third kappa shape index (κ3) is 5.88. The van der Waals surface area contributed by atoms with E-state index in [1.54, 1.807) is 6.07 Å². The number of hydrogen-bond acceptors (Lipinski definition) is 4. The molecule has 0 aliphatic carbocycles. The molecule has 35 heavy (non-hydrogen) atoms. The predicted octanol–water partition coefficient (Wildman–Crippen LogP) is 5.94. The highest BCUT2D eigenvalue weighted by atomic mass is 16.5. The number of aryl methyl sites for hydroxylation is 2. The maximum atomic E-state index is 13.4. The van der Waals surface area contributed by atoms with Crippen LogP contribution in [-0.4, -0.2) is 30.0 Å². The Hall–Kier alpha value is -4.11. The zero-order valence-electron chi connectivity index (χ0n) is 20.1. The third-order valence-electron chi connectivity index (χ3n) is 6.54. The van der Waals surface area contributed by atoms with Gasteiger partial charge in [0.25, 0.3) is 5.91 Å². The monoisotopic (exact) mass is 467 g/mol. The van der Waals surface area contributed by atoms with Crippen molar-refractivity contribution in [1.29, 1.82) is 5.26 Å². The molecule has 178 valence electrons. The van der Waals surface area contributed by atoms with E-state index in [9.17, 15) is 9.59 Å². The van der Waals surface area contributed by atoms with E-state index in [2.05, 4.69) is 11.4 Å². The molecular formula is C29H29N3O3. The Bertz CT molecular complexity index is 1240. The number of nitriles is 1. The molecule has 1 aliphatic rings. The van der Waals surface area contributed by atoms with Gasteiger partial charge in [0.05, 0.1) is 11.6 Å². The van der Waals surface area contributed by atoms with Crippen molar-refractivity contribution in [1.82, 2.24) is 4.90 Å². The molecule has 1 saturated heterocycles. The van der Waals surface area contributed by atoms with Gasteiger partial charge in [-0.3, -0.25) is 10.1 Å². The van der Waals surface area contributed by atoms with E-state index in [0.717, 1.165) is 29.5 Å². The highest BCUT2D eigenvalue weighted by Gasteiger charge is 2.26. The van der Waals surface area contributed by atoms with Crippen LogP contribution in [0.4, 0.5) is 10.5 Å². The number of likely N-dealkylation sites (tertiary alicyclic amines) is 1. The lowest BCUT2D eigenvalue weighted by molar-refractivity contribution is 0.0712. The summed E-state index contributed by atoms with van der Waals surface area (Å²) in [7, 11) is 0. The summed E-state index contributed by atoms with van der Waals surface area (Å²) in [5.74, 6) is 0.351. The van der Waals surface area contributed by atoms with Crippen LogP contribution < -0.4 is 5.32 Å². The Morgan fingerprint density at radius 1 is 1.00 bits per heavy atom. The smallest absolute Gasteiger partial charge is 0.411 e. The van der Waals surface area contributed by atoms with E-state index in [-0.39, 0.29) is 12.5 Å². The first-order valence-electron chi connectivity index (χ1n) is 11.8. The van der Waals surface area contributed by atoms with Crippen molar-refractivity contribution >= 4 is 17.7 Å². The molecule has 1 N–H and O–H groups in total. The van der Waals surface area contributed by atoms with Gasteiger partial charge in [-0.1, -0.05) is 48.5 Å². The molecule has 3 aromatic carbocycles. The summed E-state index contributed by atoms with van der Waals surface area (Å²) in [4.78, 5) is 27.6. The summed E-state index contributed by atoms with van der Waals surface area (Å²) < 4.78 is 5.34. The van der Waals surface area contributed by atoms with Gasteiger partial charge in [0.1, 0.15) is 6.61 Å². The molecule has 1 fully saturated rings. The van der Waals surface area contributed by atoms with Gasteiger partial charge < -0.3 is 9.64 Å². The van der Waals surface area contributed by atoms with E-state index in [1.807, 2.05) is 79.4 Å². The second-order valence-electron chi connectivity index (χ2n) is 8.97. The number of piperidine rings is 1. The first-order chi connectivity index (χ1) is 16.9. The molecule has 6 nitrogen and oxygen atoms in total. The lowest BCUT2D eigenvalue weighted by atomic mass is 9.88. The highest BCUT2D eigenvalue weighted by Crippen LogP contribution is 2.30. The lowest BCUT2D eigenvalue weighted by Gasteiger charge is -2.33. The SMILES string of the molecule is Cc1cc(C)c(C(=O)N2CCC(c3ccc(C#N)cc3)CC2)cc1NC(=O)OCc1ccccc1. The van der Waals surface area contributed by atoms with Crippen molar-refractivity contribution in [2.45, 2.75) is 39.2 Å². The van der Waals surface area contributed by atoms with Crippen molar-refractivity contribution in [3.8, 4) is 6.07 Å². The van der Waals surface area contributed by atoms with Gasteiger partial charge in [0, 0.05) is 24.3 Å². The molecular weight excluding hydrogens is 438 g/mol. The van der Waals surface area contributed by atoms with Crippen LogP contribution in [0.15, 0.2) is 66.7 Å². The van der Waals surface area contributed by atoms with Crippen LogP contribution in [0.3, 0.4) is 0 Å². The number of carbonyl (C=O) groups excluding carboxylic acids is 2. The first-order valence-corrected chi connectivity index (χ1v) is 11.8. The summed E-state index contributed by atoms with van der Waals surface area (Å²) in [6.07, 6.45) is 1.20. The second kappa shape index (κ2) is 10.9. The van der Waals surface area contributed by atoms with E-state index in [4.69, 9.17) is 10.00 Å². The van der Waals surface area contributed by atoms with E-state index in [1.165, 1.54) is 5.56 Å². The predicted molar refractivity (Wildman–Crippen MR) is 135 cm³/mol. The number of carbonyl (C=O) groups is 2. The van der Waals surface area contributed by atoms with Crippen LogP contribution in [0.25, 0.3) is 0 Å². The summed E-state index contributed by atoms with van der Waals surface area (Å²) in [5.41, 5.74) is 5.69. The Labute approximate surface area is 206 Å². The average molecular weight is 468 g/mol. The van der Waals surface area contributed by atoms with E-state index >= 15 is 0 Å². The first kappa shape index (κ1) is 24.0. The largest absolute Gasteiger partial charge is 0.444 e. The molecule has 0 atom stereocenters. The van der Waals surface area contributed by atoms with Gasteiger partial charge in [0.2, 0.25) is 0 Å². The molecule has 0 radical (unpaired) electrons. The number of ether oxygens (including phenoxy) is 1. The number of benzene rings is 3. The van der Waals surface area contributed by atoms with E-state index < -0.39 is 6.09 Å². The Morgan fingerprint density at radius 2 is 1.69 bits per heavy atom. The summed E-state index contributed by atoms with van der Waals surface area (Å²) in [6.45, 7) is 5.33. The highest BCUT2D eigenvalue weighted by molar-refractivity contribution is 5.98. The average Bonchev–Trinajstić information content (AvgIpc) is 2.89. The zero-order chi connectivity index (χ0) is 24.8. The van der Waals surface area contributed by atoms with Gasteiger partial charge in [-0.25, -0.2) is 4.79 Å². The fourth-order valence-corrected chi connectivity index (χ4v) is 4.50. The molecule has 0 bridgehead atoms. The Morgan fingerprint density at radius 3 is 2.34 bits per heavy atom. The van der Waals surface area contributed by atoms with Gasteiger partial charge in [-0.05, 0) is 73.1 Å². The number of nitrogens with one attached hydrogen (secondary N) is 1. The quantitative estimate of drug-likeness (QED) is 0.503. The van der Waals surface area contributed by atoms with Crippen molar-refractivity contribution in [2.75, 3.05) is 18.4 Å². The maximum Gasteiger partial charge on any atom is 0.411 e. The fourth-order valence-electron chi connectivity index (χ4n) is 4.50. The number of nitrogens with zero attached hydrogens (tertiary/aromatic N) is 2. The minimum Gasteiger partial charge on any atom is -0.444 e. The fraction of sp³-hybridized carbons (Fsp3) is 0.276. The maximum absolute atomic E-state index is 13.4. The second-order valence-corrected chi connectivity index (χ2v) is 8.97. The van der Waals surface area contributed by atoms with E-state index in [0.29, 0.717) is 35.8 Å². The number of amides is 2. The van der Waals surface area contributed by atoms with Gasteiger partial charge in [-0.15, -0.1) is 0 Å².